The molecule has 1 heterocycles. The van der Waals surface area contributed by atoms with E-state index in [1.807, 2.05) is 0 Å². The Balaban J connectivity index is 2.11. The molecule has 2 rings (SSSR count). The molecule has 1 N–H and O–H groups in total. The third-order valence-corrected chi connectivity index (χ3v) is 3.56. The van der Waals surface area contributed by atoms with Crippen LogP contribution in [0, 0.1) is 5.82 Å². The molecule has 0 atom stereocenters. The maximum Gasteiger partial charge on any atom is 0.219 e. The third kappa shape index (κ3) is 2.81. The average molecular weight is 265 g/mol. The van der Waals surface area contributed by atoms with Crippen molar-refractivity contribution in [2.24, 2.45) is 0 Å². The van der Waals surface area contributed by atoms with Crippen molar-refractivity contribution in [3.05, 3.63) is 35.6 Å². The number of hydrogen-bond donors (Lipinski definition) is 1. The van der Waals surface area contributed by atoms with Gasteiger partial charge in [-0.3, -0.25) is 9.59 Å². The molecule has 0 bridgehead atoms. The number of carbonyl (C=O) groups excluding carboxylic acids is 2. The zero-order valence-electron chi connectivity index (χ0n) is 10.7. The van der Waals surface area contributed by atoms with Crippen molar-refractivity contribution in [1.29, 1.82) is 0 Å². The SMILES string of the molecule is CC(=O)N1CCC(O)(C(=O)c2ccc(F)cc2)CC1. The molecule has 1 aromatic rings. The lowest BCUT2D eigenvalue weighted by molar-refractivity contribution is -0.132. The number of hydrogen-bond acceptors (Lipinski definition) is 3. The summed E-state index contributed by atoms with van der Waals surface area (Å²) in [5.74, 6) is -0.887. The molecule has 0 radical (unpaired) electrons. The van der Waals surface area contributed by atoms with Gasteiger partial charge >= 0.3 is 0 Å². The molecular weight excluding hydrogens is 249 g/mol. The van der Waals surface area contributed by atoms with Crippen LogP contribution in [0.4, 0.5) is 4.39 Å². The molecule has 4 nitrogen and oxygen atoms in total. The van der Waals surface area contributed by atoms with Crippen molar-refractivity contribution in [3.63, 3.8) is 0 Å². The summed E-state index contributed by atoms with van der Waals surface area (Å²) < 4.78 is 12.8. The molecule has 1 aliphatic rings. The van der Waals surface area contributed by atoms with Crippen molar-refractivity contribution in [2.75, 3.05) is 13.1 Å². The molecule has 5 heteroatoms. The van der Waals surface area contributed by atoms with Gasteiger partial charge in [-0.15, -0.1) is 0 Å². The predicted molar refractivity (Wildman–Crippen MR) is 67.2 cm³/mol. The van der Waals surface area contributed by atoms with Crippen LogP contribution in [0.15, 0.2) is 24.3 Å². The van der Waals surface area contributed by atoms with E-state index in [2.05, 4.69) is 0 Å². The highest BCUT2D eigenvalue weighted by Gasteiger charge is 2.40. The molecular formula is C14H16FNO3. The number of ketones is 1. The van der Waals surface area contributed by atoms with Crippen molar-refractivity contribution < 1.29 is 19.1 Å². The summed E-state index contributed by atoms with van der Waals surface area (Å²) in [5, 5.41) is 10.4. The largest absolute Gasteiger partial charge is 0.382 e. The number of likely N-dealkylation sites (tertiary alicyclic amines) is 1. The average Bonchev–Trinajstić information content (AvgIpc) is 2.39. The van der Waals surface area contributed by atoms with E-state index in [4.69, 9.17) is 0 Å². The normalized spacial score (nSPS) is 18.2. The van der Waals surface area contributed by atoms with Crippen LogP contribution in [0.2, 0.25) is 0 Å². The first-order valence-corrected chi connectivity index (χ1v) is 6.21. The highest BCUT2D eigenvalue weighted by Crippen LogP contribution is 2.26. The standard InChI is InChI=1S/C14H16FNO3/c1-10(17)16-8-6-14(19,7-9-16)13(18)11-2-4-12(15)5-3-11/h2-5,19H,6-9H2,1H3. The second kappa shape index (κ2) is 5.09. The maximum atomic E-state index is 12.8. The molecule has 0 aliphatic carbocycles. The monoisotopic (exact) mass is 265 g/mol. The Kier molecular flexibility index (Phi) is 3.66. The number of carbonyl (C=O) groups is 2. The topological polar surface area (TPSA) is 57.6 Å². The molecule has 1 saturated heterocycles. The Labute approximate surface area is 110 Å². The molecule has 1 aromatic carbocycles. The Bertz CT molecular complexity index is 490. The molecule has 0 saturated carbocycles. The Morgan fingerprint density at radius 3 is 2.21 bits per heavy atom. The zero-order chi connectivity index (χ0) is 14.0. The van der Waals surface area contributed by atoms with Gasteiger partial charge in [0.05, 0.1) is 0 Å². The summed E-state index contributed by atoms with van der Waals surface area (Å²) >= 11 is 0. The van der Waals surface area contributed by atoms with Crippen molar-refractivity contribution >= 4 is 11.7 Å². The van der Waals surface area contributed by atoms with Gasteiger partial charge in [-0.2, -0.15) is 0 Å². The number of benzene rings is 1. The Morgan fingerprint density at radius 2 is 1.74 bits per heavy atom. The number of amides is 1. The minimum atomic E-state index is -1.45. The number of Topliss-reactive ketones (excluding diaryl/α,β-unsaturated/α-hetero) is 1. The van der Waals surface area contributed by atoms with Gasteiger partial charge in [-0.1, -0.05) is 0 Å². The first kappa shape index (κ1) is 13.7. The summed E-state index contributed by atoms with van der Waals surface area (Å²) in [7, 11) is 0. The van der Waals surface area contributed by atoms with Crippen LogP contribution < -0.4 is 0 Å². The van der Waals surface area contributed by atoms with E-state index in [0.717, 1.165) is 0 Å². The van der Waals surface area contributed by atoms with Crippen molar-refractivity contribution in [1.82, 2.24) is 4.90 Å². The van der Waals surface area contributed by atoms with E-state index >= 15 is 0 Å². The van der Waals surface area contributed by atoms with E-state index in [9.17, 15) is 19.1 Å². The highest BCUT2D eigenvalue weighted by molar-refractivity contribution is 6.02. The van der Waals surface area contributed by atoms with Crippen LogP contribution >= 0.6 is 0 Å². The van der Waals surface area contributed by atoms with E-state index in [0.29, 0.717) is 18.7 Å². The summed E-state index contributed by atoms with van der Waals surface area (Å²) in [4.78, 5) is 25.0. The molecule has 1 aliphatic heterocycles. The fraction of sp³-hybridized carbons (Fsp3) is 0.429. The molecule has 0 aromatic heterocycles. The highest BCUT2D eigenvalue weighted by atomic mass is 19.1. The first-order chi connectivity index (χ1) is 8.92. The van der Waals surface area contributed by atoms with Crippen LogP contribution in [0.5, 0.6) is 0 Å². The van der Waals surface area contributed by atoms with Crippen LogP contribution in [-0.4, -0.2) is 40.4 Å². The second-order valence-corrected chi connectivity index (χ2v) is 4.87. The summed E-state index contributed by atoms with van der Waals surface area (Å²) in [6, 6.07) is 5.13. The van der Waals surface area contributed by atoms with Crippen LogP contribution in [-0.2, 0) is 4.79 Å². The number of nitrogens with zero attached hydrogens (tertiary/aromatic N) is 1. The lowest BCUT2D eigenvalue weighted by atomic mass is 9.84. The number of piperidine rings is 1. The van der Waals surface area contributed by atoms with Gasteiger partial charge in [0.2, 0.25) is 5.91 Å². The summed E-state index contributed by atoms with van der Waals surface area (Å²) in [6.07, 6.45) is 0.422. The Hall–Kier alpha value is -1.75. The number of aliphatic hydroxyl groups is 1. The van der Waals surface area contributed by atoms with Crippen molar-refractivity contribution in [3.8, 4) is 0 Å². The number of halogens is 1. The number of rotatable bonds is 2. The first-order valence-electron chi connectivity index (χ1n) is 6.21. The quantitative estimate of drug-likeness (QED) is 0.822. The lowest BCUT2D eigenvalue weighted by Crippen LogP contribution is -2.50. The van der Waals surface area contributed by atoms with E-state index in [1.165, 1.54) is 31.2 Å². The van der Waals surface area contributed by atoms with Gasteiger partial charge < -0.3 is 10.0 Å². The predicted octanol–water partition coefficient (Wildman–Crippen LogP) is 1.38. The summed E-state index contributed by atoms with van der Waals surface area (Å²) in [6.45, 7) is 2.18. The van der Waals surface area contributed by atoms with Gasteiger partial charge in [-0.25, -0.2) is 4.39 Å². The molecule has 19 heavy (non-hydrogen) atoms. The lowest BCUT2D eigenvalue weighted by Gasteiger charge is -2.36. The Morgan fingerprint density at radius 1 is 1.21 bits per heavy atom. The van der Waals surface area contributed by atoms with Crippen LogP contribution in [0.1, 0.15) is 30.1 Å². The van der Waals surface area contributed by atoms with E-state index < -0.39 is 17.2 Å². The van der Waals surface area contributed by atoms with Crippen LogP contribution in [0.3, 0.4) is 0 Å². The maximum absolute atomic E-state index is 12.8. The fourth-order valence-corrected chi connectivity index (χ4v) is 2.29. The smallest absolute Gasteiger partial charge is 0.219 e. The minimum absolute atomic E-state index is 0.0590. The molecule has 0 unspecified atom stereocenters. The van der Waals surface area contributed by atoms with E-state index in [1.54, 1.807) is 4.90 Å². The van der Waals surface area contributed by atoms with Gasteiger partial charge in [0.1, 0.15) is 11.4 Å². The fourth-order valence-electron chi connectivity index (χ4n) is 2.29. The molecule has 1 amide bonds. The molecule has 1 fully saturated rings. The molecule has 102 valence electrons. The zero-order valence-corrected chi connectivity index (χ0v) is 10.7. The third-order valence-electron chi connectivity index (χ3n) is 3.56. The second-order valence-electron chi connectivity index (χ2n) is 4.87. The minimum Gasteiger partial charge on any atom is -0.382 e. The van der Waals surface area contributed by atoms with Crippen molar-refractivity contribution in [2.45, 2.75) is 25.4 Å². The van der Waals surface area contributed by atoms with Gasteiger partial charge in [0.25, 0.3) is 0 Å². The van der Waals surface area contributed by atoms with Gasteiger partial charge in [0.15, 0.2) is 5.78 Å². The van der Waals surface area contributed by atoms with Crippen LogP contribution in [0.25, 0.3) is 0 Å². The molecule has 0 spiro atoms. The van der Waals surface area contributed by atoms with Gasteiger partial charge in [-0.05, 0) is 24.3 Å². The summed E-state index contributed by atoms with van der Waals surface area (Å²) in [5.41, 5.74) is -1.16. The van der Waals surface area contributed by atoms with E-state index in [-0.39, 0.29) is 18.7 Å². The van der Waals surface area contributed by atoms with Gasteiger partial charge in [0, 0.05) is 38.4 Å².